The van der Waals surface area contributed by atoms with Crippen LogP contribution >= 0.6 is 0 Å². The van der Waals surface area contributed by atoms with Crippen LogP contribution in [0.2, 0.25) is 0 Å². The first-order valence-corrected chi connectivity index (χ1v) is 6.38. The van der Waals surface area contributed by atoms with Crippen LogP contribution in [0.15, 0.2) is 54.6 Å². The Morgan fingerprint density at radius 3 is 2.00 bits per heavy atom. The molecule has 2 nitrogen and oxygen atoms in total. The molecule has 0 unspecified atom stereocenters. The maximum atomic E-state index is 3.25. The highest BCUT2D eigenvalue weighted by molar-refractivity contribution is 6.15. The van der Waals surface area contributed by atoms with Crippen molar-refractivity contribution in [3.8, 4) is 0 Å². The second-order valence-electron chi connectivity index (χ2n) is 3.69. The molecular weight excluding hydrogens is 211 g/mol. The summed E-state index contributed by atoms with van der Waals surface area (Å²) in [5.41, 5.74) is 3.60. The molecule has 80 valence electrons. The van der Waals surface area contributed by atoms with Crippen LogP contribution < -0.4 is 9.20 Å². The number of para-hydroxylation sites is 1. The van der Waals surface area contributed by atoms with Gasteiger partial charge in [0.1, 0.15) is 0 Å². The highest BCUT2D eigenvalue weighted by Gasteiger charge is 2.01. The van der Waals surface area contributed by atoms with Gasteiger partial charge in [0.15, 0.2) is 0 Å². The van der Waals surface area contributed by atoms with E-state index in [2.05, 4.69) is 64.8 Å². The van der Waals surface area contributed by atoms with Crippen molar-refractivity contribution in [3.63, 3.8) is 0 Å². The van der Waals surface area contributed by atoms with Gasteiger partial charge in [-0.3, -0.25) is 0 Å². The molecule has 0 radical (unpaired) electrons. The molecule has 0 bridgehead atoms. The molecule has 0 amide bonds. The summed E-state index contributed by atoms with van der Waals surface area (Å²) in [5, 5.41) is 0. The van der Waals surface area contributed by atoms with Crippen molar-refractivity contribution in [1.82, 2.24) is 0 Å². The zero-order valence-corrected chi connectivity index (χ0v) is 11.6. The fourth-order valence-corrected chi connectivity index (χ4v) is 1.99. The molecule has 2 aromatic carbocycles. The minimum atomic E-state index is 0.983. The second-order valence-corrected chi connectivity index (χ2v) is 4.19. The molecule has 0 atom stereocenters. The summed E-state index contributed by atoms with van der Waals surface area (Å²) >= 11 is 0.983. The summed E-state index contributed by atoms with van der Waals surface area (Å²) in [6.07, 6.45) is 0. The monoisotopic (exact) mass is 226 g/mol. The van der Waals surface area contributed by atoms with E-state index in [0.29, 0.717) is 0 Å². The Hall–Kier alpha value is -1.43. The van der Waals surface area contributed by atoms with Crippen LogP contribution in [0.3, 0.4) is 0 Å². The standard InChI is InChI=1S/C13H13N2.Al.2H/c1-15(12-5-3-2-4-6-12)13-9-7-11(14)8-10-13;;;/h2-10,14H,1H3;;;/q-1;+1;;. The van der Waals surface area contributed by atoms with Gasteiger partial charge in [-0.2, -0.15) is 0 Å². The third-order valence-corrected chi connectivity index (χ3v) is 3.26. The summed E-state index contributed by atoms with van der Waals surface area (Å²) in [5.74, 6) is 0. The van der Waals surface area contributed by atoms with Gasteiger partial charge in [-0.05, 0) is 36.4 Å². The molecule has 0 aliphatic rings. The topological polar surface area (TPSA) is 15.3 Å². The predicted octanol–water partition coefficient (Wildman–Crippen LogP) is 2.41. The van der Waals surface area contributed by atoms with Crippen molar-refractivity contribution in [2.24, 2.45) is 0 Å². The number of nitrogens with one attached hydrogen (secondary N) is 1. The van der Waals surface area contributed by atoms with Crippen LogP contribution in [0.5, 0.6) is 0 Å². The van der Waals surface area contributed by atoms with Gasteiger partial charge in [0.25, 0.3) is 0 Å². The first-order valence-electron chi connectivity index (χ1n) is 5.38. The number of hydrogen-bond donors (Lipinski definition) is 1. The summed E-state index contributed by atoms with van der Waals surface area (Å²) in [6.45, 7) is 0. The Kier molecular flexibility index (Phi) is 3.51. The molecular formula is C13H15AlN2. The first-order chi connectivity index (χ1) is 7.81. The van der Waals surface area contributed by atoms with Crippen LogP contribution in [0.4, 0.5) is 17.1 Å². The minimum Gasteiger partial charge on any atom is -0.482 e. The summed E-state index contributed by atoms with van der Waals surface area (Å²) in [6, 6.07) is 18.9. The fraction of sp³-hybridized carbons (Fsp3) is 0.0769. The SMILES string of the molecule is CN(c1ccccc1)c1ccc([NH][AlH2])cc1. The molecule has 0 aliphatic heterocycles. The van der Waals surface area contributed by atoms with Gasteiger partial charge in [0.05, 0.1) is 0 Å². The lowest BCUT2D eigenvalue weighted by atomic mass is 10.2. The lowest BCUT2D eigenvalue weighted by molar-refractivity contribution is 1.21. The van der Waals surface area contributed by atoms with Gasteiger partial charge < -0.3 is 9.20 Å². The van der Waals surface area contributed by atoms with Crippen LogP contribution in [0.25, 0.3) is 0 Å². The third-order valence-electron chi connectivity index (χ3n) is 2.69. The van der Waals surface area contributed by atoms with Crippen LogP contribution in [0, 0.1) is 0 Å². The normalized spacial score (nSPS) is 9.81. The molecule has 0 saturated heterocycles. The zero-order chi connectivity index (χ0) is 11.4. The van der Waals surface area contributed by atoms with Gasteiger partial charge in [0.2, 0.25) is 0 Å². The maximum Gasteiger partial charge on any atom is 0.360 e. The third kappa shape index (κ3) is 2.38. The van der Waals surface area contributed by atoms with E-state index in [1.807, 2.05) is 6.07 Å². The van der Waals surface area contributed by atoms with E-state index < -0.39 is 0 Å². The Morgan fingerprint density at radius 2 is 1.44 bits per heavy atom. The van der Waals surface area contributed by atoms with E-state index in [-0.39, 0.29) is 0 Å². The van der Waals surface area contributed by atoms with E-state index in [1.54, 1.807) is 0 Å². The van der Waals surface area contributed by atoms with E-state index in [1.165, 1.54) is 17.1 Å². The molecule has 0 aromatic heterocycles. The Balaban J connectivity index is 2.24. The fourth-order valence-electron chi connectivity index (χ4n) is 1.65. The van der Waals surface area contributed by atoms with Crippen LogP contribution in [-0.4, -0.2) is 23.6 Å². The van der Waals surface area contributed by atoms with E-state index in [0.717, 1.165) is 16.5 Å². The van der Waals surface area contributed by atoms with E-state index in [9.17, 15) is 0 Å². The van der Waals surface area contributed by atoms with Crippen LogP contribution in [-0.2, 0) is 0 Å². The molecule has 0 heterocycles. The Morgan fingerprint density at radius 1 is 0.875 bits per heavy atom. The maximum absolute atomic E-state index is 3.25. The lowest BCUT2D eigenvalue weighted by Gasteiger charge is -2.19. The molecule has 0 saturated carbocycles. The molecule has 16 heavy (non-hydrogen) atoms. The van der Waals surface area contributed by atoms with Gasteiger partial charge in [-0.15, -0.1) is 0 Å². The smallest absolute Gasteiger partial charge is 0.360 e. The summed E-state index contributed by atoms with van der Waals surface area (Å²) in [4.78, 5) is 2.18. The zero-order valence-electron chi connectivity index (χ0n) is 9.64. The summed E-state index contributed by atoms with van der Waals surface area (Å²) < 4.78 is 3.25. The first kappa shape index (κ1) is 11.1. The van der Waals surface area contributed by atoms with Crippen molar-refractivity contribution in [2.75, 3.05) is 16.2 Å². The van der Waals surface area contributed by atoms with Crippen molar-refractivity contribution in [2.45, 2.75) is 0 Å². The quantitative estimate of drug-likeness (QED) is 0.808. The van der Waals surface area contributed by atoms with Crippen molar-refractivity contribution < 1.29 is 0 Å². The molecule has 0 fully saturated rings. The molecule has 2 rings (SSSR count). The van der Waals surface area contributed by atoms with E-state index in [4.69, 9.17) is 0 Å². The number of nitrogens with zero attached hydrogens (tertiary/aromatic N) is 1. The molecule has 3 heteroatoms. The molecule has 1 N–H and O–H groups in total. The molecule has 0 aliphatic carbocycles. The van der Waals surface area contributed by atoms with Gasteiger partial charge in [0, 0.05) is 24.1 Å². The Bertz CT molecular complexity index is 439. The number of hydrogen-bond acceptors (Lipinski definition) is 2. The highest BCUT2D eigenvalue weighted by Crippen LogP contribution is 2.24. The van der Waals surface area contributed by atoms with Crippen molar-refractivity contribution >= 4 is 33.6 Å². The molecule has 2 aromatic rings. The van der Waals surface area contributed by atoms with Crippen LogP contribution in [0.1, 0.15) is 0 Å². The Labute approximate surface area is 105 Å². The van der Waals surface area contributed by atoms with Gasteiger partial charge >= 0.3 is 16.5 Å². The highest BCUT2D eigenvalue weighted by atomic mass is 27.1. The van der Waals surface area contributed by atoms with Crippen molar-refractivity contribution in [3.05, 3.63) is 54.6 Å². The predicted molar refractivity (Wildman–Crippen MR) is 73.1 cm³/mol. The largest absolute Gasteiger partial charge is 0.482 e. The lowest BCUT2D eigenvalue weighted by Crippen LogP contribution is -2.08. The minimum absolute atomic E-state index is 0.983. The average molecular weight is 226 g/mol. The molecule has 0 spiro atoms. The van der Waals surface area contributed by atoms with E-state index >= 15 is 0 Å². The number of rotatable bonds is 3. The van der Waals surface area contributed by atoms with Gasteiger partial charge in [-0.25, -0.2) is 0 Å². The number of anilines is 3. The van der Waals surface area contributed by atoms with Gasteiger partial charge in [-0.1, -0.05) is 18.2 Å². The number of benzene rings is 2. The second kappa shape index (κ2) is 5.07. The average Bonchev–Trinajstić information content (AvgIpc) is 2.39. The van der Waals surface area contributed by atoms with Crippen molar-refractivity contribution in [1.29, 1.82) is 0 Å². The summed E-state index contributed by atoms with van der Waals surface area (Å²) in [7, 11) is 2.08.